The second-order valence-electron chi connectivity index (χ2n) is 5.21. The molecule has 5 rings (SSSR count). The summed E-state index contributed by atoms with van der Waals surface area (Å²) in [4.78, 5) is 9.15. The van der Waals surface area contributed by atoms with Crippen LogP contribution in [-0.2, 0) is 0 Å². The van der Waals surface area contributed by atoms with Crippen LogP contribution in [0.1, 0.15) is 0 Å². The molecule has 5 aromatic rings. The Labute approximate surface area is 120 Å². The first kappa shape index (κ1) is 10.8. The summed E-state index contributed by atoms with van der Waals surface area (Å²) in [5.74, 6) is 0.749. The van der Waals surface area contributed by atoms with Crippen LogP contribution in [0.2, 0.25) is 0 Å². The number of nitrogens with zero attached hydrogens (tertiary/aromatic N) is 3. The molecule has 0 amide bonds. The lowest BCUT2D eigenvalue weighted by Gasteiger charge is -2.06. The van der Waals surface area contributed by atoms with E-state index in [1.54, 1.807) is 0 Å². The van der Waals surface area contributed by atoms with Crippen molar-refractivity contribution < 1.29 is 0 Å². The Hall–Kier alpha value is -2.94. The van der Waals surface area contributed by atoms with Gasteiger partial charge in [0.05, 0.1) is 16.6 Å². The monoisotopic (exact) mass is 269 g/mol. The SMILES string of the molecule is c1ccc2c(c1)ccc1c2cnc2nc3ccccc3n21. The van der Waals surface area contributed by atoms with E-state index >= 15 is 0 Å². The molecule has 21 heavy (non-hydrogen) atoms. The van der Waals surface area contributed by atoms with E-state index in [1.807, 2.05) is 24.4 Å². The van der Waals surface area contributed by atoms with Crippen molar-refractivity contribution in [3.8, 4) is 0 Å². The molecule has 0 saturated heterocycles. The van der Waals surface area contributed by atoms with Gasteiger partial charge in [-0.2, -0.15) is 0 Å². The predicted molar refractivity (Wildman–Crippen MR) is 85.5 cm³/mol. The molecule has 3 aromatic carbocycles. The van der Waals surface area contributed by atoms with E-state index in [1.165, 1.54) is 10.8 Å². The number of imidazole rings is 1. The second-order valence-corrected chi connectivity index (χ2v) is 5.21. The molecule has 0 spiro atoms. The molecular weight excluding hydrogens is 258 g/mol. The van der Waals surface area contributed by atoms with Gasteiger partial charge in [0.25, 0.3) is 0 Å². The number of aromatic nitrogens is 3. The van der Waals surface area contributed by atoms with Crippen molar-refractivity contribution in [3.05, 3.63) is 66.9 Å². The molecule has 98 valence electrons. The smallest absolute Gasteiger partial charge is 0.235 e. The highest BCUT2D eigenvalue weighted by molar-refractivity contribution is 6.07. The number of para-hydroxylation sites is 2. The van der Waals surface area contributed by atoms with Crippen LogP contribution in [0.25, 0.3) is 38.5 Å². The zero-order chi connectivity index (χ0) is 13.8. The van der Waals surface area contributed by atoms with Gasteiger partial charge in [-0.25, -0.2) is 9.97 Å². The first-order chi connectivity index (χ1) is 10.4. The number of benzene rings is 3. The van der Waals surface area contributed by atoms with Gasteiger partial charge in [-0.15, -0.1) is 0 Å². The van der Waals surface area contributed by atoms with E-state index in [4.69, 9.17) is 0 Å². The number of hydrogen-bond acceptors (Lipinski definition) is 2. The molecule has 0 fully saturated rings. The van der Waals surface area contributed by atoms with E-state index in [2.05, 4.69) is 56.8 Å². The molecule has 2 aromatic heterocycles. The Morgan fingerprint density at radius 1 is 0.714 bits per heavy atom. The predicted octanol–water partition coefficient (Wildman–Crippen LogP) is 4.19. The average Bonchev–Trinajstić information content (AvgIpc) is 2.93. The minimum absolute atomic E-state index is 0.749. The van der Waals surface area contributed by atoms with Gasteiger partial charge in [-0.1, -0.05) is 42.5 Å². The summed E-state index contributed by atoms with van der Waals surface area (Å²) in [6.45, 7) is 0. The van der Waals surface area contributed by atoms with Crippen LogP contribution in [0.3, 0.4) is 0 Å². The first-order valence-corrected chi connectivity index (χ1v) is 6.95. The highest BCUT2D eigenvalue weighted by atomic mass is 15.1. The van der Waals surface area contributed by atoms with Crippen LogP contribution < -0.4 is 0 Å². The van der Waals surface area contributed by atoms with Crippen molar-refractivity contribution in [1.82, 2.24) is 14.4 Å². The quantitative estimate of drug-likeness (QED) is 0.395. The average molecular weight is 269 g/mol. The minimum atomic E-state index is 0.749. The van der Waals surface area contributed by atoms with Crippen LogP contribution in [0.15, 0.2) is 66.9 Å². The molecule has 0 bridgehead atoms. The van der Waals surface area contributed by atoms with Crippen molar-refractivity contribution in [3.63, 3.8) is 0 Å². The van der Waals surface area contributed by atoms with E-state index in [0.717, 1.165) is 27.7 Å². The molecule has 3 nitrogen and oxygen atoms in total. The standard InChI is InChI=1S/C18H11N3/c1-2-6-13-12(5-1)9-10-16-14(13)11-19-18-20-15-7-3-4-8-17(15)21(16)18/h1-11H. The third kappa shape index (κ3) is 1.37. The molecule has 0 unspecified atom stereocenters. The summed E-state index contributed by atoms with van der Waals surface area (Å²) in [6, 6.07) is 20.9. The summed E-state index contributed by atoms with van der Waals surface area (Å²) < 4.78 is 2.14. The van der Waals surface area contributed by atoms with Crippen molar-refractivity contribution >= 4 is 38.5 Å². The van der Waals surface area contributed by atoms with Crippen LogP contribution in [0, 0.1) is 0 Å². The summed E-state index contributed by atoms with van der Waals surface area (Å²) in [5.41, 5.74) is 3.22. The van der Waals surface area contributed by atoms with Gasteiger partial charge in [0.2, 0.25) is 5.78 Å². The molecule has 0 aliphatic rings. The maximum Gasteiger partial charge on any atom is 0.235 e. The van der Waals surface area contributed by atoms with Crippen molar-refractivity contribution in [1.29, 1.82) is 0 Å². The largest absolute Gasteiger partial charge is 0.276 e. The van der Waals surface area contributed by atoms with Crippen LogP contribution in [-0.4, -0.2) is 14.4 Å². The molecule has 3 heteroatoms. The molecule has 0 atom stereocenters. The molecule has 0 radical (unpaired) electrons. The normalized spacial score (nSPS) is 11.8. The van der Waals surface area contributed by atoms with Gasteiger partial charge >= 0.3 is 0 Å². The Balaban J connectivity index is 2.11. The van der Waals surface area contributed by atoms with E-state index in [0.29, 0.717) is 0 Å². The van der Waals surface area contributed by atoms with Gasteiger partial charge in [0.15, 0.2) is 0 Å². The highest BCUT2D eigenvalue weighted by Crippen LogP contribution is 2.27. The van der Waals surface area contributed by atoms with E-state index in [-0.39, 0.29) is 0 Å². The maximum absolute atomic E-state index is 4.60. The molecule has 0 aliphatic carbocycles. The van der Waals surface area contributed by atoms with Crippen molar-refractivity contribution in [2.45, 2.75) is 0 Å². The summed E-state index contributed by atoms with van der Waals surface area (Å²) >= 11 is 0. The maximum atomic E-state index is 4.60. The Morgan fingerprint density at radius 2 is 1.57 bits per heavy atom. The fraction of sp³-hybridized carbons (Fsp3) is 0. The molecule has 0 aliphatic heterocycles. The van der Waals surface area contributed by atoms with Crippen molar-refractivity contribution in [2.24, 2.45) is 0 Å². The minimum Gasteiger partial charge on any atom is -0.276 e. The van der Waals surface area contributed by atoms with Gasteiger partial charge in [0, 0.05) is 11.6 Å². The molecule has 2 heterocycles. The summed E-state index contributed by atoms with van der Waals surface area (Å²) in [7, 11) is 0. The first-order valence-electron chi connectivity index (χ1n) is 6.95. The Kier molecular flexibility index (Phi) is 1.95. The highest BCUT2D eigenvalue weighted by Gasteiger charge is 2.09. The number of rotatable bonds is 0. The lowest BCUT2D eigenvalue weighted by atomic mass is 10.1. The summed E-state index contributed by atoms with van der Waals surface area (Å²) in [5, 5.41) is 3.61. The fourth-order valence-corrected chi connectivity index (χ4v) is 3.07. The molecular formula is C18H11N3. The molecule has 0 N–H and O–H groups in total. The zero-order valence-electron chi connectivity index (χ0n) is 11.2. The summed E-state index contributed by atoms with van der Waals surface area (Å²) in [6.07, 6.45) is 1.93. The van der Waals surface area contributed by atoms with Crippen molar-refractivity contribution in [2.75, 3.05) is 0 Å². The number of fused-ring (bicyclic) bond motifs is 7. The lowest BCUT2D eigenvalue weighted by Crippen LogP contribution is -1.92. The van der Waals surface area contributed by atoms with Crippen LogP contribution in [0.5, 0.6) is 0 Å². The second kappa shape index (κ2) is 3.79. The lowest BCUT2D eigenvalue weighted by molar-refractivity contribution is 1.19. The number of hydrogen-bond donors (Lipinski definition) is 0. The van der Waals surface area contributed by atoms with Gasteiger partial charge in [-0.05, 0) is 29.0 Å². The van der Waals surface area contributed by atoms with Gasteiger partial charge < -0.3 is 0 Å². The fourth-order valence-electron chi connectivity index (χ4n) is 3.07. The van der Waals surface area contributed by atoms with E-state index in [9.17, 15) is 0 Å². The van der Waals surface area contributed by atoms with E-state index < -0.39 is 0 Å². The molecule has 0 saturated carbocycles. The van der Waals surface area contributed by atoms with Crippen LogP contribution >= 0.6 is 0 Å². The van der Waals surface area contributed by atoms with Gasteiger partial charge in [0.1, 0.15) is 0 Å². The third-order valence-electron chi connectivity index (χ3n) is 4.04. The topological polar surface area (TPSA) is 30.2 Å². The van der Waals surface area contributed by atoms with Gasteiger partial charge in [-0.3, -0.25) is 4.40 Å². The third-order valence-corrected chi connectivity index (χ3v) is 4.04. The Bertz CT molecular complexity index is 1140. The Morgan fingerprint density at radius 3 is 2.57 bits per heavy atom. The van der Waals surface area contributed by atoms with Crippen LogP contribution in [0.4, 0.5) is 0 Å². The zero-order valence-corrected chi connectivity index (χ0v) is 11.2.